The summed E-state index contributed by atoms with van der Waals surface area (Å²) in [6.07, 6.45) is 2.26. The molecular formula is C12H15ClN4O3S. The molecule has 0 spiro atoms. The number of hydrogen-bond donors (Lipinski definition) is 1. The van der Waals surface area contributed by atoms with Crippen molar-refractivity contribution < 1.29 is 14.3 Å². The van der Waals surface area contributed by atoms with Crippen molar-refractivity contribution in [3.05, 3.63) is 11.3 Å². The first kappa shape index (κ1) is 15.8. The molecule has 0 radical (unpaired) electrons. The standard InChI is InChI=1S/C12H15ClN4O3S/c1-6(2)20-12(19)17-8(5-21-3)11(18)15-7-4-14-16-10(13)9(7)17/h4,6,8H,5H2,1-3H3,(H,15,18). The van der Waals surface area contributed by atoms with Crippen LogP contribution in [0.2, 0.25) is 5.15 Å². The summed E-state index contributed by atoms with van der Waals surface area (Å²) in [5, 5.41) is 10.1. The molecule has 1 N–H and O–H groups in total. The number of halogens is 1. The number of anilines is 2. The largest absolute Gasteiger partial charge is 0.446 e. The summed E-state index contributed by atoms with van der Waals surface area (Å²) in [7, 11) is 0. The average Bonchev–Trinajstić information content (AvgIpc) is 2.39. The van der Waals surface area contributed by atoms with Gasteiger partial charge in [-0.3, -0.25) is 9.69 Å². The van der Waals surface area contributed by atoms with Crippen molar-refractivity contribution in [2.24, 2.45) is 0 Å². The van der Waals surface area contributed by atoms with E-state index in [-0.39, 0.29) is 17.2 Å². The Bertz CT molecular complexity index is 569. The van der Waals surface area contributed by atoms with E-state index in [2.05, 4.69) is 15.5 Å². The minimum Gasteiger partial charge on any atom is -0.446 e. The van der Waals surface area contributed by atoms with E-state index in [1.54, 1.807) is 13.8 Å². The number of amides is 2. The average molecular weight is 331 g/mol. The number of thioether (sulfide) groups is 1. The van der Waals surface area contributed by atoms with E-state index in [0.29, 0.717) is 17.1 Å². The molecule has 0 aliphatic carbocycles. The van der Waals surface area contributed by atoms with E-state index in [1.807, 2.05) is 6.26 Å². The fourth-order valence-corrected chi connectivity index (χ4v) is 2.80. The van der Waals surface area contributed by atoms with Gasteiger partial charge in [-0.2, -0.15) is 16.9 Å². The number of aromatic nitrogens is 2. The Hall–Kier alpha value is -1.54. The second-order valence-electron chi connectivity index (χ2n) is 4.66. The Morgan fingerprint density at radius 3 is 2.95 bits per heavy atom. The second-order valence-corrected chi connectivity index (χ2v) is 5.93. The Morgan fingerprint density at radius 1 is 1.62 bits per heavy atom. The molecule has 1 aromatic rings. The first-order chi connectivity index (χ1) is 9.95. The lowest BCUT2D eigenvalue weighted by Crippen LogP contribution is -2.53. The van der Waals surface area contributed by atoms with Crippen molar-refractivity contribution in [2.75, 3.05) is 22.2 Å². The van der Waals surface area contributed by atoms with Gasteiger partial charge in [-0.05, 0) is 20.1 Å². The van der Waals surface area contributed by atoms with Gasteiger partial charge in [0.25, 0.3) is 0 Å². The van der Waals surface area contributed by atoms with Gasteiger partial charge in [-0.15, -0.1) is 5.10 Å². The monoisotopic (exact) mass is 330 g/mol. The van der Waals surface area contributed by atoms with Gasteiger partial charge in [0.15, 0.2) is 5.15 Å². The molecule has 0 fully saturated rings. The molecule has 2 rings (SSSR count). The van der Waals surface area contributed by atoms with E-state index < -0.39 is 12.1 Å². The molecule has 2 amide bonds. The third kappa shape index (κ3) is 3.21. The summed E-state index contributed by atoms with van der Waals surface area (Å²) in [6.45, 7) is 3.47. The molecule has 9 heteroatoms. The number of carbonyl (C=O) groups is 2. The van der Waals surface area contributed by atoms with Crippen LogP contribution in [-0.4, -0.2) is 46.4 Å². The summed E-state index contributed by atoms with van der Waals surface area (Å²) in [6, 6.07) is -0.708. The van der Waals surface area contributed by atoms with Crippen LogP contribution in [0.1, 0.15) is 13.8 Å². The van der Waals surface area contributed by atoms with E-state index in [0.717, 1.165) is 0 Å². The first-order valence-electron chi connectivity index (χ1n) is 6.26. The Kier molecular flexibility index (Phi) is 4.89. The Morgan fingerprint density at radius 2 is 2.33 bits per heavy atom. The highest BCUT2D eigenvalue weighted by Crippen LogP contribution is 2.37. The third-order valence-electron chi connectivity index (χ3n) is 2.75. The van der Waals surface area contributed by atoms with Crippen LogP contribution >= 0.6 is 23.4 Å². The van der Waals surface area contributed by atoms with Crippen molar-refractivity contribution in [3.8, 4) is 0 Å². The molecule has 114 valence electrons. The molecule has 0 aromatic carbocycles. The normalized spacial score (nSPS) is 17.5. The predicted molar refractivity (Wildman–Crippen MR) is 81.9 cm³/mol. The van der Waals surface area contributed by atoms with Crippen molar-refractivity contribution >= 4 is 46.7 Å². The van der Waals surface area contributed by atoms with E-state index >= 15 is 0 Å². The summed E-state index contributed by atoms with van der Waals surface area (Å²) in [4.78, 5) is 25.8. The number of nitrogens with one attached hydrogen (secondary N) is 1. The summed E-state index contributed by atoms with van der Waals surface area (Å²) >= 11 is 7.49. The third-order valence-corrected chi connectivity index (χ3v) is 3.66. The number of carbonyl (C=O) groups excluding carboxylic acids is 2. The van der Waals surface area contributed by atoms with Crippen LogP contribution in [0.4, 0.5) is 16.2 Å². The maximum Gasteiger partial charge on any atom is 0.415 e. The molecule has 7 nitrogen and oxygen atoms in total. The van der Waals surface area contributed by atoms with Gasteiger partial charge in [-0.1, -0.05) is 11.6 Å². The van der Waals surface area contributed by atoms with Crippen LogP contribution < -0.4 is 10.2 Å². The SMILES string of the molecule is CSCC1C(=O)Nc2cnnc(Cl)c2N1C(=O)OC(C)C. The van der Waals surface area contributed by atoms with Gasteiger partial charge in [0.05, 0.1) is 18.0 Å². The first-order valence-corrected chi connectivity index (χ1v) is 8.03. The van der Waals surface area contributed by atoms with Crippen molar-refractivity contribution in [1.29, 1.82) is 0 Å². The molecule has 1 aliphatic rings. The fraction of sp³-hybridized carbons (Fsp3) is 0.500. The number of rotatable bonds is 3. The minimum absolute atomic E-state index is 0.0410. The predicted octanol–water partition coefficient (Wildman–Crippen LogP) is 2.17. The minimum atomic E-state index is -0.708. The maximum atomic E-state index is 12.4. The van der Waals surface area contributed by atoms with Gasteiger partial charge in [0.2, 0.25) is 5.91 Å². The molecular weight excluding hydrogens is 316 g/mol. The topological polar surface area (TPSA) is 84.4 Å². The number of nitrogens with zero attached hydrogens (tertiary/aromatic N) is 3. The molecule has 1 unspecified atom stereocenters. The molecule has 1 atom stereocenters. The fourth-order valence-electron chi connectivity index (χ4n) is 1.95. The highest BCUT2D eigenvalue weighted by molar-refractivity contribution is 7.98. The molecule has 0 saturated heterocycles. The molecule has 0 bridgehead atoms. The maximum absolute atomic E-state index is 12.4. The molecule has 1 aromatic heterocycles. The van der Waals surface area contributed by atoms with Gasteiger partial charge in [-0.25, -0.2) is 4.79 Å². The Balaban J connectivity index is 2.48. The van der Waals surface area contributed by atoms with Crippen molar-refractivity contribution in [1.82, 2.24) is 10.2 Å². The summed E-state index contributed by atoms with van der Waals surface area (Å²) in [5.74, 6) is 0.110. The zero-order valence-electron chi connectivity index (χ0n) is 11.8. The highest BCUT2D eigenvalue weighted by Gasteiger charge is 2.40. The van der Waals surface area contributed by atoms with E-state index in [9.17, 15) is 9.59 Å². The van der Waals surface area contributed by atoms with Crippen LogP contribution in [0.3, 0.4) is 0 Å². The molecule has 1 aliphatic heterocycles. The smallest absolute Gasteiger partial charge is 0.415 e. The number of hydrogen-bond acceptors (Lipinski definition) is 6. The quantitative estimate of drug-likeness (QED) is 0.914. The zero-order valence-corrected chi connectivity index (χ0v) is 13.4. The Labute approximate surface area is 131 Å². The van der Waals surface area contributed by atoms with Gasteiger partial charge >= 0.3 is 6.09 Å². The lowest BCUT2D eigenvalue weighted by molar-refractivity contribution is -0.117. The van der Waals surface area contributed by atoms with Crippen LogP contribution in [-0.2, 0) is 9.53 Å². The van der Waals surface area contributed by atoms with Gasteiger partial charge < -0.3 is 10.1 Å². The van der Waals surface area contributed by atoms with Gasteiger partial charge in [0.1, 0.15) is 11.7 Å². The molecule has 0 saturated carbocycles. The van der Waals surface area contributed by atoms with Crippen LogP contribution in [0, 0.1) is 0 Å². The molecule has 2 heterocycles. The lowest BCUT2D eigenvalue weighted by atomic mass is 10.1. The van der Waals surface area contributed by atoms with E-state index in [4.69, 9.17) is 16.3 Å². The van der Waals surface area contributed by atoms with Crippen LogP contribution in [0.15, 0.2) is 6.20 Å². The van der Waals surface area contributed by atoms with Crippen molar-refractivity contribution in [2.45, 2.75) is 26.0 Å². The van der Waals surface area contributed by atoms with Crippen molar-refractivity contribution in [3.63, 3.8) is 0 Å². The second kappa shape index (κ2) is 6.48. The number of fused-ring (bicyclic) bond motifs is 1. The number of ether oxygens (including phenoxy) is 1. The lowest BCUT2D eigenvalue weighted by Gasteiger charge is -2.35. The van der Waals surface area contributed by atoms with E-state index in [1.165, 1.54) is 22.9 Å². The molecule has 21 heavy (non-hydrogen) atoms. The summed E-state index contributed by atoms with van der Waals surface area (Å²) in [5.41, 5.74) is 0.661. The van der Waals surface area contributed by atoms with Crippen LogP contribution in [0.5, 0.6) is 0 Å². The highest BCUT2D eigenvalue weighted by atomic mass is 35.5. The van der Waals surface area contributed by atoms with Crippen LogP contribution in [0.25, 0.3) is 0 Å². The summed E-state index contributed by atoms with van der Waals surface area (Å²) < 4.78 is 5.22. The van der Waals surface area contributed by atoms with Gasteiger partial charge in [0, 0.05) is 5.75 Å². The zero-order chi connectivity index (χ0) is 15.6.